The average Bonchev–Trinajstić information content (AvgIpc) is 3.08. The Bertz CT molecular complexity index is 1330. The van der Waals surface area contributed by atoms with Gasteiger partial charge in [0.1, 0.15) is 18.9 Å². The van der Waals surface area contributed by atoms with Gasteiger partial charge in [-0.1, -0.05) is 59.6 Å². The minimum absolute atomic E-state index is 0.250. The molecule has 178 valence electrons. The van der Waals surface area contributed by atoms with E-state index in [2.05, 4.69) is 5.32 Å². The van der Waals surface area contributed by atoms with Crippen molar-refractivity contribution < 1.29 is 19.1 Å². The minimum atomic E-state index is -0.502. The fourth-order valence-electron chi connectivity index (χ4n) is 3.29. The highest BCUT2D eigenvalue weighted by atomic mass is 35.5. The number of hydrogen-bond donors (Lipinski definition) is 1. The van der Waals surface area contributed by atoms with Crippen LogP contribution in [0.25, 0.3) is 6.08 Å². The van der Waals surface area contributed by atoms with E-state index in [0.717, 1.165) is 33.4 Å². The van der Waals surface area contributed by atoms with Crippen molar-refractivity contribution in [1.82, 2.24) is 4.90 Å². The van der Waals surface area contributed by atoms with Crippen LogP contribution in [0.2, 0.25) is 10.0 Å². The average molecular weight is 527 g/mol. The van der Waals surface area contributed by atoms with Crippen LogP contribution in [0, 0.1) is 6.92 Å². The summed E-state index contributed by atoms with van der Waals surface area (Å²) in [5.41, 5.74) is 3.05. The van der Waals surface area contributed by atoms with E-state index in [4.69, 9.17) is 27.9 Å². The normalized spacial score (nSPS) is 14.5. The number of ether oxygens (including phenoxy) is 1. The van der Waals surface area contributed by atoms with Gasteiger partial charge < -0.3 is 10.1 Å². The van der Waals surface area contributed by atoms with E-state index in [1.807, 2.05) is 19.1 Å². The summed E-state index contributed by atoms with van der Waals surface area (Å²) in [7, 11) is 0. The maximum atomic E-state index is 12.7. The molecule has 0 aromatic heterocycles. The highest BCUT2D eigenvalue weighted by molar-refractivity contribution is 8.18. The highest BCUT2D eigenvalue weighted by Gasteiger charge is 2.36. The van der Waals surface area contributed by atoms with E-state index in [1.54, 1.807) is 60.7 Å². The monoisotopic (exact) mass is 526 g/mol. The maximum Gasteiger partial charge on any atom is 0.294 e. The predicted molar refractivity (Wildman–Crippen MR) is 140 cm³/mol. The first-order valence-corrected chi connectivity index (χ1v) is 12.1. The van der Waals surface area contributed by atoms with Gasteiger partial charge in [-0.15, -0.1) is 0 Å². The van der Waals surface area contributed by atoms with Crippen molar-refractivity contribution in [3.8, 4) is 5.75 Å². The van der Waals surface area contributed by atoms with Crippen molar-refractivity contribution in [2.24, 2.45) is 0 Å². The molecule has 1 N–H and O–H groups in total. The molecule has 3 amide bonds. The van der Waals surface area contributed by atoms with E-state index < -0.39 is 17.1 Å². The van der Waals surface area contributed by atoms with Crippen molar-refractivity contribution in [1.29, 1.82) is 0 Å². The second-order valence-corrected chi connectivity index (χ2v) is 9.56. The van der Waals surface area contributed by atoms with Gasteiger partial charge in [-0.3, -0.25) is 19.3 Å². The van der Waals surface area contributed by atoms with Gasteiger partial charge in [-0.05, 0) is 66.2 Å². The molecule has 0 atom stereocenters. The second-order valence-electron chi connectivity index (χ2n) is 7.72. The number of halogens is 2. The van der Waals surface area contributed by atoms with E-state index >= 15 is 0 Å². The number of aryl methyl sites for hydroxylation is 1. The van der Waals surface area contributed by atoms with Crippen molar-refractivity contribution in [3.05, 3.63) is 98.4 Å². The van der Waals surface area contributed by atoms with Crippen LogP contribution >= 0.6 is 35.0 Å². The molecule has 9 heteroatoms. The van der Waals surface area contributed by atoms with Gasteiger partial charge in [0.25, 0.3) is 11.1 Å². The lowest BCUT2D eigenvalue weighted by atomic mass is 10.2. The largest absolute Gasteiger partial charge is 0.489 e. The molecule has 1 fully saturated rings. The molecule has 0 spiro atoms. The standard InChI is InChI=1S/C26H20Cl2N2O4S/c1-16-4-2-3-5-22(16)29-24(31)14-30-25(32)23(35-26(30)33)12-17-6-10-20(11-7-17)34-15-18-8-9-19(27)13-21(18)28/h2-13H,14-15H2,1H3,(H,29,31)/b23-12+. The lowest BCUT2D eigenvalue weighted by Crippen LogP contribution is -2.36. The summed E-state index contributed by atoms with van der Waals surface area (Å²) in [6.07, 6.45) is 1.62. The van der Waals surface area contributed by atoms with Crippen molar-refractivity contribution >= 4 is 63.8 Å². The van der Waals surface area contributed by atoms with Crippen LogP contribution in [0.15, 0.2) is 71.6 Å². The molecular weight excluding hydrogens is 507 g/mol. The number of nitrogens with zero attached hydrogens (tertiary/aromatic N) is 1. The van der Waals surface area contributed by atoms with Crippen LogP contribution in [-0.4, -0.2) is 28.5 Å². The molecule has 0 aliphatic carbocycles. The minimum Gasteiger partial charge on any atom is -0.489 e. The molecule has 1 aliphatic heterocycles. The third kappa shape index (κ3) is 6.25. The molecule has 1 saturated heterocycles. The molecule has 1 aliphatic rings. The van der Waals surface area contributed by atoms with Gasteiger partial charge in [0.05, 0.1) is 4.91 Å². The number of amides is 3. The smallest absolute Gasteiger partial charge is 0.294 e. The van der Waals surface area contributed by atoms with Crippen LogP contribution in [0.5, 0.6) is 5.75 Å². The first-order chi connectivity index (χ1) is 16.8. The Morgan fingerprint density at radius 2 is 1.80 bits per heavy atom. The SMILES string of the molecule is Cc1ccccc1NC(=O)CN1C(=O)S/C(=C/c2ccc(OCc3ccc(Cl)cc3Cl)cc2)C1=O. The van der Waals surface area contributed by atoms with Crippen LogP contribution in [0.4, 0.5) is 10.5 Å². The summed E-state index contributed by atoms with van der Waals surface area (Å²) in [4.78, 5) is 38.7. The van der Waals surface area contributed by atoms with E-state index in [9.17, 15) is 14.4 Å². The Balaban J connectivity index is 1.37. The molecule has 3 aromatic rings. The second kappa shape index (κ2) is 11.0. The van der Waals surface area contributed by atoms with E-state index in [0.29, 0.717) is 21.5 Å². The lowest BCUT2D eigenvalue weighted by molar-refractivity contribution is -0.127. The van der Waals surface area contributed by atoms with Gasteiger partial charge in [0.15, 0.2) is 0 Å². The van der Waals surface area contributed by atoms with Crippen LogP contribution < -0.4 is 10.1 Å². The zero-order valence-corrected chi connectivity index (χ0v) is 20.9. The third-order valence-electron chi connectivity index (χ3n) is 5.18. The van der Waals surface area contributed by atoms with E-state index in [-0.39, 0.29) is 18.1 Å². The molecule has 6 nitrogen and oxygen atoms in total. The molecule has 0 radical (unpaired) electrons. The Hall–Kier alpha value is -3.26. The molecule has 0 bridgehead atoms. The number of carbonyl (C=O) groups excluding carboxylic acids is 3. The quantitative estimate of drug-likeness (QED) is 0.353. The number of carbonyl (C=O) groups is 3. The third-order valence-corrected chi connectivity index (χ3v) is 6.68. The summed E-state index contributed by atoms with van der Waals surface area (Å²) in [5.74, 6) is -0.322. The number of anilines is 1. The Kier molecular flexibility index (Phi) is 7.80. The fourth-order valence-corrected chi connectivity index (χ4v) is 4.60. The first-order valence-electron chi connectivity index (χ1n) is 10.6. The number of nitrogens with one attached hydrogen (secondary N) is 1. The fraction of sp³-hybridized carbons (Fsp3) is 0.115. The van der Waals surface area contributed by atoms with Crippen LogP contribution in [-0.2, 0) is 16.2 Å². The van der Waals surface area contributed by atoms with Crippen molar-refractivity contribution in [3.63, 3.8) is 0 Å². The number of para-hydroxylation sites is 1. The van der Waals surface area contributed by atoms with Crippen LogP contribution in [0.3, 0.4) is 0 Å². The molecule has 3 aromatic carbocycles. The Morgan fingerprint density at radius 1 is 1.06 bits per heavy atom. The van der Waals surface area contributed by atoms with Gasteiger partial charge in [-0.2, -0.15) is 0 Å². The molecule has 35 heavy (non-hydrogen) atoms. The summed E-state index contributed by atoms with van der Waals surface area (Å²) < 4.78 is 5.77. The Morgan fingerprint density at radius 3 is 2.51 bits per heavy atom. The number of rotatable bonds is 7. The topological polar surface area (TPSA) is 75.7 Å². The maximum absolute atomic E-state index is 12.7. The summed E-state index contributed by atoms with van der Waals surface area (Å²) in [5, 5.41) is 3.33. The van der Waals surface area contributed by atoms with Gasteiger partial charge in [-0.25, -0.2) is 0 Å². The molecule has 0 saturated carbocycles. The number of imide groups is 1. The predicted octanol–water partition coefficient (Wildman–Crippen LogP) is 6.56. The summed E-state index contributed by atoms with van der Waals surface area (Å²) >= 11 is 12.9. The first kappa shape index (κ1) is 24.9. The number of hydrogen-bond acceptors (Lipinski definition) is 5. The van der Waals surface area contributed by atoms with Crippen LogP contribution in [0.1, 0.15) is 16.7 Å². The molecular formula is C26H20Cl2N2O4S. The summed E-state index contributed by atoms with van der Waals surface area (Å²) in [6, 6.07) is 19.6. The summed E-state index contributed by atoms with van der Waals surface area (Å²) in [6.45, 7) is 1.79. The lowest BCUT2D eigenvalue weighted by Gasteiger charge is -2.13. The highest BCUT2D eigenvalue weighted by Crippen LogP contribution is 2.32. The van der Waals surface area contributed by atoms with Crippen molar-refractivity contribution in [2.45, 2.75) is 13.5 Å². The Labute approximate surface area is 216 Å². The van der Waals surface area contributed by atoms with Gasteiger partial charge in [0.2, 0.25) is 5.91 Å². The van der Waals surface area contributed by atoms with E-state index in [1.165, 1.54) is 0 Å². The number of benzene rings is 3. The zero-order chi connectivity index (χ0) is 24.9. The molecule has 1 heterocycles. The number of thioether (sulfide) groups is 1. The van der Waals surface area contributed by atoms with Gasteiger partial charge in [0, 0.05) is 21.3 Å². The van der Waals surface area contributed by atoms with Gasteiger partial charge >= 0.3 is 0 Å². The molecule has 4 rings (SSSR count). The molecule has 0 unspecified atom stereocenters. The zero-order valence-electron chi connectivity index (χ0n) is 18.6. The van der Waals surface area contributed by atoms with Crippen molar-refractivity contribution in [2.75, 3.05) is 11.9 Å².